The topological polar surface area (TPSA) is 24.9 Å². The second kappa shape index (κ2) is 5.63. The molecule has 2 heterocycles. The highest BCUT2D eigenvalue weighted by Gasteiger charge is 2.16. The molecule has 2 rings (SSSR count). The van der Waals surface area contributed by atoms with Gasteiger partial charge in [-0.3, -0.25) is 4.98 Å². The molecular formula is C15H20N2S. The van der Waals surface area contributed by atoms with Crippen LogP contribution in [0.15, 0.2) is 23.6 Å². The van der Waals surface area contributed by atoms with E-state index in [4.69, 9.17) is 0 Å². The largest absolute Gasteiger partial charge is 0.305 e. The Kier molecular flexibility index (Phi) is 4.15. The molecule has 1 unspecified atom stereocenters. The van der Waals surface area contributed by atoms with Crippen molar-refractivity contribution in [2.45, 2.75) is 33.7 Å². The first kappa shape index (κ1) is 13.2. The van der Waals surface area contributed by atoms with Crippen LogP contribution in [-0.4, -0.2) is 11.5 Å². The number of thiophene rings is 1. The highest BCUT2D eigenvalue weighted by Crippen LogP contribution is 2.25. The molecule has 3 heteroatoms. The van der Waals surface area contributed by atoms with Gasteiger partial charge in [0.25, 0.3) is 0 Å². The fourth-order valence-corrected chi connectivity index (χ4v) is 2.96. The predicted octanol–water partition coefficient (Wildman–Crippen LogP) is 3.77. The molecule has 0 fully saturated rings. The van der Waals surface area contributed by atoms with Gasteiger partial charge in [-0.05, 0) is 62.0 Å². The Labute approximate surface area is 113 Å². The molecule has 2 nitrogen and oxygen atoms in total. The minimum atomic E-state index is 0.207. The Bertz CT molecular complexity index is 511. The van der Waals surface area contributed by atoms with Gasteiger partial charge >= 0.3 is 0 Å². The van der Waals surface area contributed by atoms with Gasteiger partial charge < -0.3 is 5.32 Å². The minimum absolute atomic E-state index is 0.207. The van der Waals surface area contributed by atoms with Gasteiger partial charge in [-0.1, -0.05) is 6.92 Å². The van der Waals surface area contributed by atoms with Crippen LogP contribution in [0.4, 0.5) is 0 Å². The van der Waals surface area contributed by atoms with Crippen molar-refractivity contribution >= 4 is 11.3 Å². The Morgan fingerprint density at radius 1 is 1.22 bits per heavy atom. The van der Waals surface area contributed by atoms with Gasteiger partial charge in [0.1, 0.15) is 0 Å². The monoisotopic (exact) mass is 260 g/mol. The van der Waals surface area contributed by atoms with Crippen LogP contribution in [0.2, 0.25) is 0 Å². The Morgan fingerprint density at radius 2 is 2.00 bits per heavy atom. The van der Waals surface area contributed by atoms with Crippen LogP contribution in [0, 0.1) is 20.8 Å². The van der Waals surface area contributed by atoms with Crippen LogP contribution in [0.1, 0.15) is 40.4 Å². The summed E-state index contributed by atoms with van der Waals surface area (Å²) in [5.41, 5.74) is 4.79. The quantitative estimate of drug-likeness (QED) is 0.905. The second-order valence-electron chi connectivity index (χ2n) is 4.69. The van der Waals surface area contributed by atoms with Gasteiger partial charge in [0, 0.05) is 10.6 Å². The van der Waals surface area contributed by atoms with Crippen molar-refractivity contribution < 1.29 is 0 Å². The van der Waals surface area contributed by atoms with Crippen LogP contribution in [0.5, 0.6) is 0 Å². The molecule has 0 amide bonds. The second-order valence-corrected chi connectivity index (χ2v) is 5.81. The normalized spacial score (nSPS) is 12.7. The molecule has 0 spiro atoms. The summed E-state index contributed by atoms with van der Waals surface area (Å²) in [5.74, 6) is 0. The molecule has 2 aromatic heterocycles. The van der Waals surface area contributed by atoms with Crippen LogP contribution in [0.3, 0.4) is 0 Å². The van der Waals surface area contributed by atoms with Gasteiger partial charge in [-0.15, -0.1) is 11.3 Å². The Hall–Kier alpha value is -1.19. The average molecular weight is 260 g/mol. The SMILES string of the molecule is CCNC(c1csc(C)c1)c1cc(C)cc(C)n1. The molecule has 0 aliphatic carbocycles. The lowest BCUT2D eigenvalue weighted by molar-refractivity contribution is 0.615. The Balaban J connectivity index is 2.40. The lowest BCUT2D eigenvalue weighted by Gasteiger charge is -2.17. The highest BCUT2D eigenvalue weighted by atomic mass is 32.1. The van der Waals surface area contributed by atoms with Crippen molar-refractivity contribution in [3.8, 4) is 0 Å². The van der Waals surface area contributed by atoms with E-state index < -0.39 is 0 Å². The van der Waals surface area contributed by atoms with Crippen LogP contribution >= 0.6 is 11.3 Å². The maximum Gasteiger partial charge on any atom is 0.0759 e. The molecule has 2 aromatic rings. The summed E-state index contributed by atoms with van der Waals surface area (Å²) in [5, 5.41) is 5.75. The maximum atomic E-state index is 4.68. The van der Waals surface area contributed by atoms with E-state index in [0.717, 1.165) is 17.9 Å². The van der Waals surface area contributed by atoms with E-state index in [0.29, 0.717) is 0 Å². The van der Waals surface area contributed by atoms with E-state index in [-0.39, 0.29) is 6.04 Å². The molecule has 96 valence electrons. The van der Waals surface area contributed by atoms with E-state index in [9.17, 15) is 0 Å². The molecule has 0 aliphatic rings. The zero-order valence-electron chi connectivity index (χ0n) is 11.4. The first-order chi connectivity index (χ1) is 8.60. The third kappa shape index (κ3) is 2.98. The van der Waals surface area contributed by atoms with Crippen molar-refractivity contribution in [2.24, 2.45) is 0 Å². The van der Waals surface area contributed by atoms with Crippen LogP contribution < -0.4 is 5.32 Å². The number of rotatable bonds is 4. The smallest absolute Gasteiger partial charge is 0.0759 e. The maximum absolute atomic E-state index is 4.68. The fourth-order valence-electron chi connectivity index (χ4n) is 2.23. The number of nitrogens with zero attached hydrogens (tertiary/aromatic N) is 1. The summed E-state index contributed by atoms with van der Waals surface area (Å²) >= 11 is 1.79. The van der Waals surface area contributed by atoms with Crippen molar-refractivity contribution in [3.05, 3.63) is 51.0 Å². The average Bonchev–Trinajstić information content (AvgIpc) is 2.71. The predicted molar refractivity (Wildman–Crippen MR) is 78.3 cm³/mol. The van der Waals surface area contributed by atoms with Crippen molar-refractivity contribution in [2.75, 3.05) is 6.54 Å². The van der Waals surface area contributed by atoms with E-state index in [1.807, 2.05) is 0 Å². The number of nitrogens with one attached hydrogen (secondary N) is 1. The number of hydrogen-bond acceptors (Lipinski definition) is 3. The van der Waals surface area contributed by atoms with Crippen molar-refractivity contribution in [3.63, 3.8) is 0 Å². The molecular weight excluding hydrogens is 240 g/mol. The molecule has 18 heavy (non-hydrogen) atoms. The van der Waals surface area contributed by atoms with Crippen LogP contribution in [-0.2, 0) is 0 Å². The molecule has 0 radical (unpaired) electrons. The first-order valence-electron chi connectivity index (χ1n) is 6.33. The summed E-state index contributed by atoms with van der Waals surface area (Å²) in [6.07, 6.45) is 0. The summed E-state index contributed by atoms with van der Waals surface area (Å²) in [6, 6.07) is 6.74. The lowest BCUT2D eigenvalue weighted by Crippen LogP contribution is -2.22. The molecule has 1 atom stereocenters. The van der Waals surface area contributed by atoms with Gasteiger partial charge in [0.15, 0.2) is 0 Å². The van der Waals surface area contributed by atoms with E-state index in [2.05, 4.69) is 61.6 Å². The van der Waals surface area contributed by atoms with Crippen molar-refractivity contribution in [1.29, 1.82) is 0 Å². The number of hydrogen-bond donors (Lipinski definition) is 1. The Morgan fingerprint density at radius 3 is 2.56 bits per heavy atom. The molecule has 0 aromatic carbocycles. The molecule has 0 bridgehead atoms. The van der Waals surface area contributed by atoms with Gasteiger partial charge in [0.2, 0.25) is 0 Å². The van der Waals surface area contributed by atoms with Gasteiger partial charge in [-0.25, -0.2) is 0 Å². The third-order valence-electron chi connectivity index (χ3n) is 2.91. The highest BCUT2D eigenvalue weighted by molar-refractivity contribution is 7.10. The zero-order valence-corrected chi connectivity index (χ0v) is 12.3. The fraction of sp³-hybridized carbons (Fsp3) is 0.400. The zero-order chi connectivity index (χ0) is 13.1. The van der Waals surface area contributed by atoms with Crippen molar-refractivity contribution in [1.82, 2.24) is 10.3 Å². The number of aryl methyl sites for hydroxylation is 3. The molecule has 0 saturated carbocycles. The molecule has 0 saturated heterocycles. The molecule has 1 N–H and O–H groups in total. The van der Waals surface area contributed by atoms with E-state index >= 15 is 0 Å². The van der Waals surface area contributed by atoms with E-state index in [1.165, 1.54) is 16.0 Å². The minimum Gasteiger partial charge on any atom is -0.305 e. The standard InChI is InChI=1S/C15H20N2S/c1-5-16-15(13-8-12(4)18-9-13)14-7-10(2)6-11(3)17-14/h6-9,15-16H,5H2,1-4H3. The lowest BCUT2D eigenvalue weighted by atomic mass is 10.0. The van der Waals surface area contributed by atoms with Gasteiger partial charge in [0.05, 0.1) is 11.7 Å². The van der Waals surface area contributed by atoms with E-state index in [1.54, 1.807) is 11.3 Å². The number of pyridine rings is 1. The summed E-state index contributed by atoms with van der Waals surface area (Å²) < 4.78 is 0. The summed E-state index contributed by atoms with van der Waals surface area (Å²) in [7, 11) is 0. The summed E-state index contributed by atoms with van der Waals surface area (Å²) in [6.45, 7) is 9.40. The molecule has 0 aliphatic heterocycles. The first-order valence-corrected chi connectivity index (χ1v) is 7.21. The van der Waals surface area contributed by atoms with Crippen LogP contribution in [0.25, 0.3) is 0 Å². The third-order valence-corrected chi connectivity index (χ3v) is 3.79. The van der Waals surface area contributed by atoms with Gasteiger partial charge in [-0.2, -0.15) is 0 Å². The number of aromatic nitrogens is 1. The summed E-state index contributed by atoms with van der Waals surface area (Å²) in [4.78, 5) is 6.03.